The van der Waals surface area contributed by atoms with Crippen LogP contribution in [0.15, 0.2) is 60.7 Å². The molecular formula is C28H29N3O5. The van der Waals surface area contributed by atoms with Crippen molar-refractivity contribution >= 4 is 34.8 Å². The number of benzene rings is 3. The maximum Gasteiger partial charge on any atom is 0.271 e. The maximum absolute atomic E-state index is 13.3. The summed E-state index contributed by atoms with van der Waals surface area (Å²) < 4.78 is 11.2. The minimum absolute atomic E-state index is 0.265. The van der Waals surface area contributed by atoms with Crippen molar-refractivity contribution in [3.8, 4) is 11.5 Å². The highest BCUT2D eigenvalue weighted by atomic mass is 16.5. The Bertz CT molecular complexity index is 1330. The second-order valence-corrected chi connectivity index (χ2v) is 9.16. The van der Waals surface area contributed by atoms with Crippen molar-refractivity contribution in [3.05, 3.63) is 77.4 Å². The van der Waals surface area contributed by atoms with Gasteiger partial charge in [-0.05, 0) is 69.2 Å². The summed E-state index contributed by atoms with van der Waals surface area (Å²) >= 11 is 0. The van der Waals surface area contributed by atoms with Crippen LogP contribution in [0, 0.1) is 13.8 Å². The quantitative estimate of drug-likeness (QED) is 0.525. The lowest BCUT2D eigenvalue weighted by Gasteiger charge is -2.38. The standard InChI is InChI=1S/C28H29N3O5/c1-17-9-8-10-18(2)25(17)30-26(33)19-13-14-23-21(15-19)31(27(34)28(3,4)36-23)16-24(32)29-20-11-6-7-12-22(20)35-5/h6-15H,16H2,1-5H3,(H,29,32)(H,30,33). The number of ether oxygens (including phenoxy) is 2. The number of carbonyl (C=O) groups excluding carboxylic acids is 3. The van der Waals surface area contributed by atoms with Crippen molar-refractivity contribution in [3.63, 3.8) is 0 Å². The summed E-state index contributed by atoms with van der Waals surface area (Å²) in [6.07, 6.45) is 0. The number of carbonyl (C=O) groups is 3. The SMILES string of the molecule is COc1ccccc1NC(=O)CN1C(=O)C(C)(C)Oc2ccc(C(=O)Nc3c(C)cccc3C)cc21. The number of aryl methyl sites for hydroxylation is 2. The lowest BCUT2D eigenvalue weighted by Crippen LogP contribution is -2.54. The Morgan fingerprint density at radius 2 is 1.67 bits per heavy atom. The first-order chi connectivity index (χ1) is 17.1. The van der Waals surface area contributed by atoms with E-state index in [-0.39, 0.29) is 12.5 Å². The lowest BCUT2D eigenvalue weighted by atomic mass is 10.0. The molecule has 0 bridgehead atoms. The van der Waals surface area contributed by atoms with E-state index in [2.05, 4.69) is 10.6 Å². The number of nitrogens with zero attached hydrogens (tertiary/aromatic N) is 1. The van der Waals surface area contributed by atoms with Crippen LogP contribution in [0.3, 0.4) is 0 Å². The molecule has 3 amide bonds. The Kier molecular flexibility index (Phi) is 6.70. The average molecular weight is 488 g/mol. The normalized spacial score (nSPS) is 13.9. The van der Waals surface area contributed by atoms with E-state index >= 15 is 0 Å². The van der Waals surface area contributed by atoms with Gasteiger partial charge in [-0.15, -0.1) is 0 Å². The molecule has 0 unspecified atom stereocenters. The van der Waals surface area contributed by atoms with Gasteiger partial charge in [0.15, 0.2) is 5.60 Å². The summed E-state index contributed by atoms with van der Waals surface area (Å²) in [5, 5.41) is 5.75. The van der Waals surface area contributed by atoms with Gasteiger partial charge < -0.3 is 20.1 Å². The summed E-state index contributed by atoms with van der Waals surface area (Å²) in [7, 11) is 1.51. The van der Waals surface area contributed by atoms with Gasteiger partial charge in [0.2, 0.25) is 5.91 Å². The summed E-state index contributed by atoms with van der Waals surface area (Å²) in [6, 6.07) is 17.6. The van der Waals surface area contributed by atoms with Gasteiger partial charge in [0, 0.05) is 11.3 Å². The van der Waals surface area contributed by atoms with E-state index in [0.717, 1.165) is 16.8 Å². The molecule has 0 spiro atoms. The molecule has 8 nitrogen and oxygen atoms in total. The second-order valence-electron chi connectivity index (χ2n) is 9.16. The molecule has 0 fully saturated rings. The van der Waals surface area contributed by atoms with E-state index in [1.807, 2.05) is 32.0 Å². The van der Waals surface area contributed by atoms with Crippen molar-refractivity contribution in [1.82, 2.24) is 0 Å². The number of para-hydroxylation sites is 3. The summed E-state index contributed by atoms with van der Waals surface area (Å²) in [6.45, 7) is 6.87. The number of rotatable bonds is 6. The molecule has 3 aromatic rings. The Balaban J connectivity index is 1.63. The van der Waals surface area contributed by atoms with E-state index in [1.54, 1.807) is 56.3 Å². The summed E-state index contributed by atoms with van der Waals surface area (Å²) in [4.78, 5) is 40.7. The highest BCUT2D eigenvalue weighted by Crippen LogP contribution is 2.38. The van der Waals surface area contributed by atoms with Crippen LogP contribution in [0.1, 0.15) is 35.3 Å². The zero-order valence-electron chi connectivity index (χ0n) is 21.0. The van der Waals surface area contributed by atoms with E-state index in [1.165, 1.54) is 12.0 Å². The number of anilines is 3. The zero-order valence-corrected chi connectivity index (χ0v) is 21.0. The molecule has 1 aliphatic heterocycles. The third-order valence-electron chi connectivity index (χ3n) is 6.04. The van der Waals surface area contributed by atoms with Crippen LogP contribution < -0.4 is 25.0 Å². The fourth-order valence-electron chi connectivity index (χ4n) is 4.14. The summed E-state index contributed by atoms with van der Waals surface area (Å²) in [5.41, 5.74) is 2.62. The van der Waals surface area contributed by atoms with E-state index in [4.69, 9.17) is 9.47 Å². The van der Waals surface area contributed by atoms with Crippen LogP contribution in [0.25, 0.3) is 0 Å². The van der Waals surface area contributed by atoms with Gasteiger partial charge in [-0.3, -0.25) is 19.3 Å². The van der Waals surface area contributed by atoms with Gasteiger partial charge in [-0.1, -0.05) is 30.3 Å². The molecule has 0 atom stereocenters. The number of nitrogens with one attached hydrogen (secondary N) is 2. The van der Waals surface area contributed by atoms with Crippen molar-refractivity contribution in [2.24, 2.45) is 0 Å². The molecule has 0 saturated heterocycles. The molecule has 8 heteroatoms. The minimum atomic E-state index is -1.18. The van der Waals surface area contributed by atoms with Crippen LogP contribution in [0.2, 0.25) is 0 Å². The fraction of sp³-hybridized carbons (Fsp3) is 0.250. The monoisotopic (exact) mass is 487 g/mol. The van der Waals surface area contributed by atoms with Gasteiger partial charge in [0.1, 0.15) is 18.0 Å². The van der Waals surface area contributed by atoms with E-state index < -0.39 is 17.4 Å². The molecule has 0 saturated carbocycles. The lowest BCUT2D eigenvalue weighted by molar-refractivity contribution is -0.133. The Morgan fingerprint density at radius 1 is 0.972 bits per heavy atom. The van der Waals surface area contributed by atoms with Gasteiger partial charge in [-0.2, -0.15) is 0 Å². The van der Waals surface area contributed by atoms with Gasteiger partial charge in [0.05, 0.1) is 18.5 Å². The third-order valence-corrected chi connectivity index (χ3v) is 6.04. The molecule has 1 heterocycles. The molecule has 4 rings (SSSR count). The van der Waals surface area contributed by atoms with Gasteiger partial charge >= 0.3 is 0 Å². The molecule has 186 valence electrons. The van der Waals surface area contributed by atoms with E-state index in [0.29, 0.717) is 28.4 Å². The van der Waals surface area contributed by atoms with Crippen LogP contribution in [-0.4, -0.2) is 37.0 Å². The first-order valence-corrected chi connectivity index (χ1v) is 11.6. The smallest absolute Gasteiger partial charge is 0.271 e. The molecular weight excluding hydrogens is 458 g/mol. The first-order valence-electron chi connectivity index (χ1n) is 11.6. The number of fused-ring (bicyclic) bond motifs is 1. The number of hydrogen-bond acceptors (Lipinski definition) is 5. The van der Waals surface area contributed by atoms with Crippen LogP contribution >= 0.6 is 0 Å². The van der Waals surface area contributed by atoms with Gasteiger partial charge in [0.25, 0.3) is 11.8 Å². The molecule has 0 radical (unpaired) electrons. The third kappa shape index (κ3) is 4.88. The van der Waals surface area contributed by atoms with Crippen molar-refractivity contribution in [1.29, 1.82) is 0 Å². The highest BCUT2D eigenvalue weighted by molar-refractivity contribution is 6.10. The predicted molar refractivity (Wildman–Crippen MR) is 139 cm³/mol. The molecule has 2 N–H and O–H groups in total. The Labute approximate surface area is 210 Å². The number of methoxy groups -OCH3 is 1. The van der Waals surface area contributed by atoms with Crippen LogP contribution in [-0.2, 0) is 9.59 Å². The fourth-order valence-corrected chi connectivity index (χ4v) is 4.14. The van der Waals surface area contributed by atoms with Crippen LogP contribution in [0.4, 0.5) is 17.1 Å². The summed E-state index contributed by atoms with van der Waals surface area (Å²) in [5.74, 6) is -0.219. The Hall–Kier alpha value is -4.33. The topological polar surface area (TPSA) is 97.0 Å². The number of amides is 3. The molecule has 0 aromatic heterocycles. The van der Waals surface area contributed by atoms with Crippen LogP contribution in [0.5, 0.6) is 11.5 Å². The molecule has 0 aliphatic carbocycles. The average Bonchev–Trinajstić information content (AvgIpc) is 2.84. The molecule has 36 heavy (non-hydrogen) atoms. The van der Waals surface area contributed by atoms with Gasteiger partial charge in [-0.25, -0.2) is 0 Å². The molecule has 1 aliphatic rings. The first kappa shape index (κ1) is 24.8. The highest BCUT2D eigenvalue weighted by Gasteiger charge is 2.42. The van der Waals surface area contributed by atoms with Crippen molar-refractivity contribution in [2.75, 3.05) is 29.2 Å². The zero-order chi connectivity index (χ0) is 26.0. The largest absolute Gasteiger partial charge is 0.495 e. The maximum atomic E-state index is 13.3. The minimum Gasteiger partial charge on any atom is -0.495 e. The predicted octanol–water partition coefficient (Wildman–Crippen LogP) is 4.71. The number of hydrogen-bond donors (Lipinski definition) is 2. The Morgan fingerprint density at radius 3 is 2.36 bits per heavy atom. The van der Waals surface area contributed by atoms with Crippen molar-refractivity contribution in [2.45, 2.75) is 33.3 Å². The van der Waals surface area contributed by atoms with Crippen molar-refractivity contribution < 1.29 is 23.9 Å². The molecule has 3 aromatic carbocycles. The second kappa shape index (κ2) is 9.73. The van der Waals surface area contributed by atoms with E-state index in [9.17, 15) is 14.4 Å².